The maximum Gasteiger partial charge on any atom is 0.223 e. The number of hydrogen-bond acceptors (Lipinski definition) is 2. The first-order valence-corrected chi connectivity index (χ1v) is 4.31. The summed E-state index contributed by atoms with van der Waals surface area (Å²) in [6, 6.07) is 0.316. The Labute approximate surface area is 72.0 Å². The first-order chi connectivity index (χ1) is 5.77. The zero-order chi connectivity index (χ0) is 8.55. The quantitative estimate of drug-likeness (QED) is 0.493. The Morgan fingerprint density at radius 3 is 3.25 bits per heavy atom. The fraction of sp³-hybridized carbons (Fsp3) is 0.667. The fourth-order valence-corrected chi connectivity index (χ4v) is 1.81. The van der Waals surface area contributed by atoms with Crippen LogP contribution in [0.2, 0.25) is 0 Å². The lowest BCUT2D eigenvalue weighted by Crippen LogP contribution is -2.34. The predicted octanol–water partition coefficient (Wildman–Crippen LogP) is 0.564. The van der Waals surface area contributed by atoms with Crippen molar-refractivity contribution in [3.63, 3.8) is 0 Å². The average Bonchev–Trinajstić information content (AvgIpc) is 2.31. The molecular formula is C9H13NO2. The molecule has 0 aromatic rings. The average molecular weight is 167 g/mol. The molecule has 0 saturated carbocycles. The molecule has 2 aliphatic rings. The van der Waals surface area contributed by atoms with Crippen LogP contribution in [0.3, 0.4) is 0 Å². The Kier molecular flexibility index (Phi) is 1.89. The molecule has 0 N–H and O–H groups in total. The highest BCUT2D eigenvalue weighted by molar-refractivity contribution is 5.79. The van der Waals surface area contributed by atoms with Gasteiger partial charge in [-0.3, -0.25) is 4.79 Å². The van der Waals surface area contributed by atoms with E-state index in [1.54, 1.807) is 0 Å². The van der Waals surface area contributed by atoms with Crippen molar-refractivity contribution in [3.8, 4) is 0 Å². The Balaban J connectivity index is 2.13. The van der Waals surface area contributed by atoms with E-state index in [0.717, 1.165) is 12.0 Å². The number of rotatable bonds is 0. The molecule has 0 aliphatic carbocycles. The number of hydrogen-bond donors (Lipinski definition) is 0. The van der Waals surface area contributed by atoms with E-state index in [0.29, 0.717) is 32.2 Å². The van der Waals surface area contributed by atoms with Crippen molar-refractivity contribution in [2.75, 3.05) is 19.8 Å². The summed E-state index contributed by atoms with van der Waals surface area (Å²) in [5.74, 6) is 0.256. The van der Waals surface area contributed by atoms with E-state index in [1.807, 2.05) is 4.90 Å². The first-order valence-electron chi connectivity index (χ1n) is 4.31. The van der Waals surface area contributed by atoms with Gasteiger partial charge < -0.3 is 9.64 Å². The van der Waals surface area contributed by atoms with Gasteiger partial charge >= 0.3 is 0 Å². The third kappa shape index (κ3) is 1.25. The van der Waals surface area contributed by atoms with Gasteiger partial charge in [0.15, 0.2) is 0 Å². The number of nitrogens with zero attached hydrogens (tertiary/aromatic N) is 1. The van der Waals surface area contributed by atoms with E-state index in [2.05, 4.69) is 6.58 Å². The van der Waals surface area contributed by atoms with E-state index in [4.69, 9.17) is 4.74 Å². The second-order valence-corrected chi connectivity index (χ2v) is 3.48. The minimum Gasteiger partial charge on any atom is -0.375 e. The molecular weight excluding hydrogens is 154 g/mol. The summed E-state index contributed by atoms with van der Waals surface area (Å²) in [4.78, 5) is 13.2. The Morgan fingerprint density at radius 1 is 1.58 bits per heavy atom. The highest BCUT2D eigenvalue weighted by Gasteiger charge is 2.32. The van der Waals surface area contributed by atoms with Gasteiger partial charge in [-0.1, -0.05) is 6.58 Å². The van der Waals surface area contributed by atoms with E-state index < -0.39 is 0 Å². The van der Waals surface area contributed by atoms with Gasteiger partial charge in [-0.2, -0.15) is 0 Å². The van der Waals surface area contributed by atoms with Crippen LogP contribution in [-0.4, -0.2) is 36.6 Å². The van der Waals surface area contributed by atoms with Crippen molar-refractivity contribution in [1.29, 1.82) is 0 Å². The molecule has 0 aromatic carbocycles. The molecule has 0 spiro atoms. The van der Waals surface area contributed by atoms with Gasteiger partial charge in [-0.05, 0) is 12.0 Å². The lowest BCUT2D eigenvalue weighted by molar-refractivity contribution is -0.128. The zero-order valence-corrected chi connectivity index (χ0v) is 7.08. The molecule has 3 heteroatoms. The fourth-order valence-electron chi connectivity index (χ4n) is 1.81. The van der Waals surface area contributed by atoms with Crippen LogP contribution in [0.4, 0.5) is 0 Å². The summed E-state index contributed by atoms with van der Waals surface area (Å²) in [6.07, 6.45) is 1.63. The standard InChI is InChI=1S/C9H13NO2/c1-7-4-10-8(6-12-5-7)2-3-9(10)11/h8H,1-6H2/t8-/m0/s1. The minimum atomic E-state index is 0.256. The highest BCUT2D eigenvalue weighted by Crippen LogP contribution is 2.22. The smallest absolute Gasteiger partial charge is 0.223 e. The Hall–Kier alpha value is -0.830. The molecule has 0 radical (unpaired) electrons. The summed E-state index contributed by atoms with van der Waals surface area (Å²) < 4.78 is 5.38. The number of carbonyl (C=O) groups is 1. The number of carbonyl (C=O) groups excluding carboxylic acids is 1. The van der Waals surface area contributed by atoms with E-state index in [-0.39, 0.29) is 5.91 Å². The molecule has 1 amide bonds. The van der Waals surface area contributed by atoms with Crippen molar-refractivity contribution in [2.24, 2.45) is 0 Å². The molecule has 2 fully saturated rings. The van der Waals surface area contributed by atoms with E-state index in [9.17, 15) is 4.79 Å². The van der Waals surface area contributed by atoms with Crippen LogP contribution in [0.1, 0.15) is 12.8 Å². The number of fused-ring (bicyclic) bond motifs is 1. The van der Waals surface area contributed by atoms with E-state index in [1.165, 1.54) is 0 Å². The topological polar surface area (TPSA) is 29.5 Å². The lowest BCUT2D eigenvalue weighted by atomic mass is 10.2. The summed E-state index contributed by atoms with van der Waals surface area (Å²) in [5, 5.41) is 0. The molecule has 2 saturated heterocycles. The summed E-state index contributed by atoms with van der Waals surface area (Å²) in [7, 11) is 0. The van der Waals surface area contributed by atoms with Crippen LogP contribution >= 0.6 is 0 Å². The van der Waals surface area contributed by atoms with Crippen molar-refractivity contribution >= 4 is 5.91 Å². The van der Waals surface area contributed by atoms with Crippen LogP contribution in [0.25, 0.3) is 0 Å². The van der Waals surface area contributed by atoms with Crippen LogP contribution in [0, 0.1) is 0 Å². The Bertz CT molecular complexity index is 225. The maximum atomic E-state index is 11.3. The first kappa shape index (κ1) is 7.80. The minimum absolute atomic E-state index is 0.256. The highest BCUT2D eigenvalue weighted by atomic mass is 16.5. The monoisotopic (exact) mass is 167 g/mol. The van der Waals surface area contributed by atoms with Gasteiger partial charge in [-0.25, -0.2) is 0 Å². The lowest BCUT2D eigenvalue weighted by Gasteiger charge is -2.20. The van der Waals surface area contributed by atoms with Gasteiger partial charge in [0.25, 0.3) is 0 Å². The predicted molar refractivity (Wildman–Crippen MR) is 44.7 cm³/mol. The van der Waals surface area contributed by atoms with E-state index >= 15 is 0 Å². The zero-order valence-electron chi connectivity index (χ0n) is 7.08. The summed E-state index contributed by atoms with van der Waals surface area (Å²) in [5.41, 5.74) is 1.01. The van der Waals surface area contributed by atoms with Gasteiger partial charge in [-0.15, -0.1) is 0 Å². The molecule has 0 aromatic heterocycles. The molecule has 2 aliphatic heterocycles. The van der Waals surface area contributed by atoms with Crippen molar-refractivity contribution in [3.05, 3.63) is 12.2 Å². The maximum absolute atomic E-state index is 11.3. The Morgan fingerprint density at radius 2 is 2.42 bits per heavy atom. The van der Waals surface area contributed by atoms with Crippen LogP contribution < -0.4 is 0 Å². The van der Waals surface area contributed by atoms with Crippen LogP contribution in [0.15, 0.2) is 12.2 Å². The van der Waals surface area contributed by atoms with Crippen LogP contribution in [0.5, 0.6) is 0 Å². The third-order valence-electron chi connectivity index (χ3n) is 2.46. The molecule has 3 nitrogen and oxygen atoms in total. The normalized spacial score (nSPS) is 30.3. The molecule has 66 valence electrons. The van der Waals surface area contributed by atoms with Crippen molar-refractivity contribution < 1.29 is 9.53 Å². The van der Waals surface area contributed by atoms with Crippen LogP contribution in [-0.2, 0) is 9.53 Å². The summed E-state index contributed by atoms with van der Waals surface area (Å²) >= 11 is 0. The van der Waals surface area contributed by atoms with Gasteiger partial charge in [0.2, 0.25) is 5.91 Å². The third-order valence-corrected chi connectivity index (χ3v) is 2.46. The van der Waals surface area contributed by atoms with Crippen molar-refractivity contribution in [1.82, 2.24) is 4.90 Å². The second kappa shape index (κ2) is 2.90. The van der Waals surface area contributed by atoms with Gasteiger partial charge in [0.1, 0.15) is 0 Å². The summed E-state index contributed by atoms with van der Waals surface area (Å²) in [6.45, 7) is 5.84. The molecule has 0 unspecified atom stereocenters. The SMILES string of the molecule is C=C1COC[C@@H]2CCC(=O)N2C1. The number of amides is 1. The van der Waals surface area contributed by atoms with Gasteiger partial charge in [0, 0.05) is 13.0 Å². The molecule has 0 bridgehead atoms. The number of ether oxygens (including phenoxy) is 1. The molecule has 12 heavy (non-hydrogen) atoms. The van der Waals surface area contributed by atoms with Crippen molar-refractivity contribution in [2.45, 2.75) is 18.9 Å². The molecule has 1 atom stereocenters. The second-order valence-electron chi connectivity index (χ2n) is 3.48. The van der Waals surface area contributed by atoms with Gasteiger partial charge in [0.05, 0.1) is 19.3 Å². The largest absolute Gasteiger partial charge is 0.375 e. The molecule has 2 rings (SSSR count). The molecule has 2 heterocycles.